The van der Waals surface area contributed by atoms with Crippen molar-refractivity contribution in [3.8, 4) is 11.5 Å². The Hall–Kier alpha value is -2.88. The zero-order valence-corrected chi connectivity index (χ0v) is 14.8. The summed E-state index contributed by atoms with van der Waals surface area (Å²) in [6.07, 6.45) is 4.02. The fourth-order valence-corrected chi connectivity index (χ4v) is 3.41. The standard InChI is InChI=1S/C18H17F3N6O/c19-18(20,21)17-25-16(26-28-17)15-6-13(3-4-24-15)14-2-1-5-27(10-14)9-12-7-22-11-23-8-12/h3-4,6-8,11,14H,1-2,5,9-10H2/t14-/m1/s1. The van der Waals surface area contributed by atoms with Crippen LogP contribution in [0.2, 0.25) is 0 Å². The van der Waals surface area contributed by atoms with Gasteiger partial charge in [-0.05, 0) is 43.0 Å². The summed E-state index contributed by atoms with van der Waals surface area (Å²) in [4.78, 5) is 17.9. The quantitative estimate of drug-likeness (QED) is 0.676. The number of likely N-dealkylation sites (tertiary alicyclic amines) is 1. The molecule has 0 aliphatic carbocycles. The van der Waals surface area contributed by atoms with Gasteiger partial charge in [0.25, 0.3) is 0 Å². The van der Waals surface area contributed by atoms with Gasteiger partial charge in [0.15, 0.2) is 0 Å². The van der Waals surface area contributed by atoms with Crippen molar-refractivity contribution in [1.29, 1.82) is 0 Å². The Morgan fingerprint density at radius 2 is 2.04 bits per heavy atom. The number of hydrogen-bond donors (Lipinski definition) is 0. The maximum absolute atomic E-state index is 12.7. The summed E-state index contributed by atoms with van der Waals surface area (Å²) in [5.41, 5.74) is 2.31. The molecule has 0 unspecified atom stereocenters. The van der Waals surface area contributed by atoms with E-state index in [1.807, 2.05) is 6.07 Å². The number of nitrogens with zero attached hydrogens (tertiary/aromatic N) is 6. The van der Waals surface area contributed by atoms with E-state index in [1.165, 1.54) is 6.33 Å². The maximum Gasteiger partial charge on any atom is 0.471 e. The third-order valence-electron chi connectivity index (χ3n) is 4.68. The van der Waals surface area contributed by atoms with Gasteiger partial charge in [0.1, 0.15) is 12.0 Å². The molecule has 0 bridgehead atoms. The molecule has 10 heteroatoms. The van der Waals surface area contributed by atoms with Crippen LogP contribution in [0.15, 0.2) is 41.6 Å². The lowest BCUT2D eigenvalue weighted by atomic mass is 9.90. The van der Waals surface area contributed by atoms with Gasteiger partial charge < -0.3 is 4.52 Å². The SMILES string of the molecule is FC(F)(F)c1nc(-c2cc([C@@H]3CCCN(Cc4cncnc4)C3)ccn2)no1. The maximum atomic E-state index is 12.7. The number of piperidine rings is 1. The lowest BCUT2D eigenvalue weighted by Gasteiger charge is -2.32. The zero-order chi connectivity index (χ0) is 19.6. The van der Waals surface area contributed by atoms with Gasteiger partial charge in [-0.25, -0.2) is 9.97 Å². The molecule has 4 rings (SSSR count). The second kappa shape index (κ2) is 7.63. The van der Waals surface area contributed by atoms with Gasteiger partial charge in [-0.3, -0.25) is 9.88 Å². The second-order valence-electron chi connectivity index (χ2n) is 6.72. The van der Waals surface area contributed by atoms with Crippen LogP contribution >= 0.6 is 0 Å². The summed E-state index contributed by atoms with van der Waals surface area (Å²) in [6.45, 7) is 2.57. The van der Waals surface area contributed by atoms with Crippen molar-refractivity contribution in [3.63, 3.8) is 0 Å². The highest BCUT2D eigenvalue weighted by atomic mass is 19.4. The second-order valence-corrected chi connectivity index (χ2v) is 6.72. The van der Waals surface area contributed by atoms with Crippen LogP contribution in [-0.4, -0.2) is 43.1 Å². The van der Waals surface area contributed by atoms with E-state index in [0.29, 0.717) is 0 Å². The molecule has 7 nitrogen and oxygen atoms in total. The first-order valence-electron chi connectivity index (χ1n) is 8.82. The van der Waals surface area contributed by atoms with Gasteiger partial charge in [0.05, 0.1) is 0 Å². The molecule has 1 fully saturated rings. The number of alkyl halides is 3. The molecule has 28 heavy (non-hydrogen) atoms. The Morgan fingerprint density at radius 3 is 2.79 bits per heavy atom. The monoisotopic (exact) mass is 390 g/mol. The van der Waals surface area contributed by atoms with Crippen molar-refractivity contribution in [3.05, 3.63) is 54.1 Å². The molecule has 146 valence electrons. The smallest absolute Gasteiger partial charge is 0.329 e. The summed E-state index contributed by atoms with van der Waals surface area (Å²) in [7, 11) is 0. The highest BCUT2D eigenvalue weighted by molar-refractivity contribution is 5.49. The summed E-state index contributed by atoms with van der Waals surface area (Å²) < 4.78 is 42.3. The van der Waals surface area contributed by atoms with Gasteiger partial charge in [-0.2, -0.15) is 18.2 Å². The summed E-state index contributed by atoms with van der Waals surface area (Å²) in [6, 6.07) is 3.62. The first-order valence-corrected chi connectivity index (χ1v) is 8.82. The molecule has 1 saturated heterocycles. The Balaban J connectivity index is 1.50. The molecule has 1 aliphatic rings. The van der Waals surface area contributed by atoms with Crippen LogP contribution in [0.1, 0.15) is 35.8 Å². The van der Waals surface area contributed by atoms with Crippen molar-refractivity contribution >= 4 is 0 Å². The summed E-state index contributed by atoms with van der Waals surface area (Å²) in [5.74, 6) is -1.29. The number of rotatable bonds is 4. The average Bonchev–Trinajstić information content (AvgIpc) is 3.20. The van der Waals surface area contributed by atoms with E-state index in [9.17, 15) is 13.2 Å². The minimum absolute atomic E-state index is 0.164. The molecular formula is C18H17F3N6O. The van der Waals surface area contributed by atoms with E-state index in [-0.39, 0.29) is 17.4 Å². The normalized spacial score (nSPS) is 18.3. The molecule has 1 aliphatic heterocycles. The van der Waals surface area contributed by atoms with E-state index >= 15 is 0 Å². The molecular weight excluding hydrogens is 373 g/mol. The molecule has 1 atom stereocenters. The van der Waals surface area contributed by atoms with Crippen LogP contribution in [0.4, 0.5) is 13.2 Å². The Bertz CT molecular complexity index is 930. The molecule has 0 spiro atoms. The van der Waals surface area contributed by atoms with Crippen LogP contribution in [-0.2, 0) is 12.7 Å². The molecule has 0 radical (unpaired) electrons. The highest BCUT2D eigenvalue weighted by Gasteiger charge is 2.38. The van der Waals surface area contributed by atoms with Crippen LogP contribution in [0.5, 0.6) is 0 Å². The highest BCUT2D eigenvalue weighted by Crippen LogP contribution is 2.31. The largest absolute Gasteiger partial charge is 0.471 e. The lowest BCUT2D eigenvalue weighted by molar-refractivity contribution is -0.159. The van der Waals surface area contributed by atoms with E-state index in [0.717, 1.165) is 43.6 Å². The van der Waals surface area contributed by atoms with Gasteiger partial charge in [-0.1, -0.05) is 5.16 Å². The van der Waals surface area contributed by atoms with Crippen LogP contribution < -0.4 is 0 Å². The van der Waals surface area contributed by atoms with Crippen LogP contribution in [0.3, 0.4) is 0 Å². The number of aromatic nitrogens is 5. The van der Waals surface area contributed by atoms with Gasteiger partial charge in [0, 0.05) is 37.2 Å². The Morgan fingerprint density at radius 1 is 1.21 bits per heavy atom. The topological polar surface area (TPSA) is 80.8 Å². The van der Waals surface area contributed by atoms with Crippen molar-refractivity contribution in [2.24, 2.45) is 0 Å². The predicted octanol–water partition coefficient (Wildman–Crippen LogP) is 3.32. The van der Waals surface area contributed by atoms with E-state index < -0.39 is 12.1 Å². The number of pyridine rings is 1. The van der Waals surface area contributed by atoms with E-state index in [2.05, 4.69) is 34.5 Å². The van der Waals surface area contributed by atoms with Crippen molar-refractivity contribution in [2.75, 3.05) is 13.1 Å². The number of halogens is 3. The van der Waals surface area contributed by atoms with E-state index in [4.69, 9.17) is 0 Å². The third kappa shape index (κ3) is 4.16. The van der Waals surface area contributed by atoms with Crippen molar-refractivity contribution in [1.82, 2.24) is 30.0 Å². The molecule has 0 aromatic carbocycles. The lowest BCUT2D eigenvalue weighted by Crippen LogP contribution is -2.34. The third-order valence-corrected chi connectivity index (χ3v) is 4.68. The van der Waals surface area contributed by atoms with Crippen molar-refractivity contribution in [2.45, 2.75) is 31.5 Å². The van der Waals surface area contributed by atoms with Crippen LogP contribution in [0, 0.1) is 0 Å². The minimum Gasteiger partial charge on any atom is -0.329 e. The number of hydrogen-bond acceptors (Lipinski definition) is 7. The molecule has 0 N–H and O–H groups in total. The fraction of sp³-hybridized carbons (Fsp3) is 0.389. The summed E-state index contributed by atoms with van der Waals surface area (Å²) >= 11 is 0. The molecule has 3 aromatic heterocycles. The van der Waals surface area contributed by atoms with Crippen molar-refractivity contribution < 1.29 is 17.7 Å². The van der Waals surface area contributed by atoms with Gasteiger partial charge in [-0.15, -0.1) is 0 Å². The molecule has 4 heterocycles. The van der Waals surface area contributed by atoms with Gasteiger partial charge in [0.2, 0.25) is 5.82 Å². The first-order chi connectivity index (χ1) is 13.5. The Labute approximate surface area is 158 Å². The van der Waals surface area contributed by atoms with E-state index in [1.54, 1.807) is 24.7 Å². The minimum atomic E-state index is -4.67. The first kappa shape index (κ1) is 18.5. The molecule has 3 aromatic rings. The molecule has 0 saturated carbocycles. The Kier molecular flexibility index (Phi) is 5.03. The fourth-order valence-electron chi connectivity index (χ4n) is 3.41. The predicted molar refractivity (Wildman–Crippen MR) is 91.8 cm³/mol. The van der Waals surface area contributed by atoms with Crippen LogP contribution in [0.25, 0.3) is 11.5 Å². The summed E-state index contributed by atoms with van der Waals surface area (Å²) in [5, 5.41) is 3.42. The molecule has 0 amide bonds. The zero-order valence-electron chi connectivity index (χ0n) is 14.8. The van der Waals surface area contributed by atoms with Gasteiger partial charge >= 0.3 is 12.1 Å². The average molecular weight is 390 g/mol.